The highest BCUT2D eigenvalue weighted by Crippen LogP contribution is 2.25. The van der Waals surface area contributed by atoms with Gasteiger partial charge in [0.1, 0.15) is 25.4 Å². The van der Waals surface area contributed by atoms with Crippen LogP contribution < -0.4 is 5.73 Å². The Bertz CT molecular complexity index is 718. The normalized spacial score (nSPS) is 31.1. The molecule has 4 atom stereocenters. The van der Waals surface area contributed by atoms with E-state index in [0.717, 1.165) is 0 Å². The minimum Gasteiger partial charge on any atom is -0.464 e. The van der Waals surface area contributed by atoms with Gasteiger partial charge in [-0.1, -0.05) is 31.5 Å². The summed E-state index contributed by atoms with van der Waals surface area (Å²) in [5.41, 5.74) is 5.81. The molecule has 2 fully saturated rings. The molecule has 4 unspecified atom stereocenters. The number of primary amides is 1. The molecule has 0 radical (unpaired) electrons. The van der Waals surface area contributed by atoms with Gasteiger partial charge in [0.25, 0.3) is 0 Å². The Morgan fingerprint density at radius 1 is 1.13 bits per heavy atom. The molecule has 0 spiro atoms. The van der Waals surface area contributed by atoms with Crippen molar-refractivity contribution >= 4 is 20.0 Å². The third kappa shape index (κ3) is 8.86. The summed E-state index contributed by atoms with van der Waals surface area (Å²) in [4.78, 5) is 22.3. The third-order valence-corrected chi connectivity index (χ3v) is 5.40. The second kappa shape index (κ2) is 10.9. The molecule has 0 aromatic rings. The summed E-state index contributed by atoms with van der Waals surface area (Å²) in [6.07, 6.45) is 4.74. The van der Waals surface area contributed by atoms with Crippen LogP contribution in [0, 0.1) is 23.8 Å². The summed E-state index contributed by atoms with van der Waals surface area (Å²) in [5.74, 6) is 4.19. The Hall–Kier alpha value is -1.88. The van der Waals surface area contributed by atoms with Gasteiger partial charge in [-0.2, -0.15) is 0 Å². The van der Waals surface area contributed by atoms with Crippen LogP contribution in [0.2, 0.25) is 19.6 Å². The maximum absolute atomic E-state index is 11.6. The summed E-state index contributed by atoms with van der Waals surface area (Å²) in [6, 6.07) is 0. The zero-order chi connectivity index (χ0) is 23.0. The highest BCUT2D eigenvalue weighted by Gasteiger charge is 2.38. The fourth-order valence-corrected chi connectivity index (χ4v) is 3.40. The van der Waals surface area contributed by atoms with Crippen LogP contribution >= 0.6 is 0 Å². The molecular weight excluding hydrogens is 406 g/mol. The molecule has 9 heteroatoms. The number of ether oxygens (including phenoxy) is 3. The van der Waals surface area contributed by atoms with Crippen LogP contribution in [0.1, 0.15) is 32.6 Å². The van der Waals surface area contributed by atoms with Crippen LogP contribution in [0.3, 0.4) is 0 Å². The quantitative estimate of drug-likeness (QED) is 0.329. The van der Waals surface area contributed by atoms with Crippen molar-refractivity contribution in [2.75, 3.05) is 19.8 Å². The van der Waals surface area contributed by atoms with Gasteiger partial charge in [0.15, 0.2) is 6.10 Å². The molecule has 2 rings (SSSR count). The molecule has 2 aliphatic heterocycles. The molecule has 0 saturated carbocycles. The molecule has 168 valence electrons. The first-order valence-electron chi connectivity index (χ1n) is 9.99. The lowest BCUT2D eigenvalue weighted by Gasteiger charge is -2.32. The SMILES string of the molecule is C#CC1(O)CCOC(C(N)=O)C1.CCOC(=O)C1CC(O)(C#C[Si](C)(C)C)CCO1. The van der Waals surface area contributed by atoms with Crippen LogP contribution in [0.5, 0.6) is 0 Å². The summed E-state index contributed by atoms with van der Waals surface area (Å²) in [5, 5.41) is 20.0. The number of esters is 1. The standard InChI is InChI=1S/C13H22O4Si.C8H11NO3/c1-5-16-12(14)11-10-13(15,6-8-17-11)7-9-18(2,3)4;1-2-8(11)3-4-12-6(5-8)7(9)10/h11,15H,5-6,8,10H2,1-4H3;1,6,11H,3-5H2,(H2,9,10). The van der Waals surface area contributed by atoms with Crippen molar-refractivity contribution in [1.29, 1.82) is 0 Å². The van der Waals surface area contributed by atoms with Gasteiger partial charge in [-0.05, 0) is 6.92 Å². The number of hydrogen-bond donors (Lipinski definition) is 3. The van der Waals surface area contributed by atoms with Crippen molar-refractivity contribution in [3.8, 4) is 23.8 Å². The zero-order valence-electron chi connectivity index (χ0n) is 18.2. The Morgan fingerprint density at radius 2 is 1.67 bits per heavy atom. The molecule has 2 saturated heterocycles. The largest absolute Gasteiger partial charge is 0.464 e. The van der Waals surface area contributed by atoms with E-state index in [1.54, 1.807) is 6.92 Å². The fraction of sp³-hybridized carbons (Fsp3) is 0.714. The topological polar surface area (TPSA) is 128 Å². The lowest BCUT2D eigenvalue weighted by atomic mass is 9.91. The number of hydrogen-bond acceptors (Lipinski definition) is 7. The van der Waals surface area contributed by atoms with Crippen molar-refractivity contribution in [3.63, 3.8) is 0 Å². The van der Waals surface area contributed by atoms with Gasteiger partial charge >= 0.3 is 5.97 Å². The minimum atomic E-state index is -1.53. The first-order valence-corrected chi connectivity index (χ1v) is 13.5. The molecular formula is C21H33NO7Si. The highest BCUT2D eigenvalue weighted by molar-refractivity contribution is 6.83. The van der Waals surface area contributed by atoms with Crippen LogP contribution in [-0.4, -0.2) is 73.4 Å². The van der Waals surface area contributed by atoms with Gasteiger partial charge in [-0.25, -0.2) is 4.79 Å². The van der Waals surface area contributed by atoms with Crippen LogP contribution in [0.15, 0.2) is 0 Å². The van der Waals surface area contributed by atoms with E-state index in [9.17, 15) is 19.8 Å². The number of nitrogens with two attached hydrogens (primary N) is 1. The summed E-state index contributed by atoms with van der Waals surface area (Å²) < 4.78 is 15.2. The summed E-state index contributed by atoms with van der Waals surface area (Å²) in [7, 11) is -1.53. The summed E-state index contributed by atoms with van der Waals surface area (Å²) >= 11 is 0. The molecule has 0 aromatic carbocycles. The molecule has 0 aromatic heterocycles. The van der Waals surface area contributed by atoms with Crippen LogP contribution in [0.4, 0.5) is 0 Å². The molecule has 1 amide bonds. The van der Waals surface area contributed by atoms with Crippen molar-refractivity contribution in [2.45, 2.75) is 75.7 Å². The number of carbonyl (C=O) groups is 2. The van der Waals surface area contributed by atoms with Gasteiger partial charge in [0.2, 0.25) is 5.91 Å². The zero-order valence-corrected chi connectivity index (χ0v) is 19.2. The van der Waals surface area contributed by atoms with Gasteiger partial charge in [0, 0.05) is 25.7 Å². The van der Waals surface area contributed by atoms with Gasteiger partial charge in [-0.3, -0.25) is 4.79 Å². The van der Waals surface area contributed by atoms with E-state index in [1.165, 1.54) is 0 Å². The molecule has 8 nitrogen and oxygen atoms in total. The lowest BCUT2D eigenvalue weighted by molar-refractivity contribution is -0.166. The van der Waals surface area contributed by atoms with E-state index in [0.29, 0.717) is 26.1 Å². The summed E-state index contributed by atoms with van der Waals surface area (Å²) in [6.45, 7) is 9.02. The van der Waals surface area contributed by atoms with Gasteiger partial charge < -0.3 is 30.2 Å². The predicted octanol–water partition coefficient (Wildman–Crippen LogP) is 0.355. The van der Waals surface area contributed by atoms with Crippen molar-refractivity contribution < 1.29 is 34.0 Å². The Kier molecular flexibility index (Phi) is 9.54. The number of terminal acetylenes is 1. The van der Waals surface area contributed by atoms with E-state index in [-0.39, 0.29) is 19.4 Å². The molecule has 2 aliphatic rings. The first kappa shape index (κ1) is 26.2. The van der Waals surface area contributed by atoms with E-state index < -0.39 is 43.4 Å². The molecule has 4 N–H and O–H groups in total. The lowest BCUT2D eigenvalue weighted by Crippen LogP contribution is -2.45. The first-order chi connectivity index (χ1) is 13.8. The molecule has 2 heterocycles. The highest BCUT2D eigenvalue weighted by atomic mass is 28.3. The molecule has 30 heavy (non-hydrogen) atoms. The predicted molar refractivity (Wildman–Crippen MR) is 114 cm³/mol. The fourth-order valence-electron chi connectivity index (χ4n) is 2.79. The maximum Gasteiger partial charge on any atom is 0.335 e. The maximum atomic E-state index is 11.6. The second-order valence-electron chi connectivity index (χ2n) is 8.49. The van der Waals surface area contributed by atoms with E-state index in [2.05, 4.69) is 37.0 Å². The Labute approximate surface area is 179 Å². The average molecular weight is 440 g/mol. The van der Waals surface area contributed by atoms with Crippen molar-refractivity contribution in [2.24, 2.45) is 5.73 Å². The van der Waals surface area contributed by atoms with E-state index in [4.69, 9.17) is 26.4 Å². The Morgan fingerprint density at radius 3 is 2.17 bits per heavy atom. The van der Waals surface area contributed by atoms with Gasteiger partial charge in [-0.15, -0.1) is 12.0 Å². The molecule has 0 aliphatic carbocycles. The van der Waals surface area contributed by atoms with Crippen molar-refractivity contribution in [1.82, 2.24) is 0 Å². The van der Waals surface area contributed by atoms with Crippen LogP contribution in [-0.2, 0) is 23.8 Å². The van der Waals surface area contributed by atoms with Gasteiger partial charge in [0.05, 0.1) is 19.8 Å². The van der Waals surface area contributed by atoms with Crippen molar-refractivity contribution in [3.05, 3.63) is 0 Å². The third-order valence-electron chi connectivity index (χ3n) is 4.52. The van der Waals surface area contributed by atoms with E-state index >= 15 is 0 Å². The number of carbonyl (C=O) groups excluding carboxylic acids is 2. The Balaban J connectivity index is 0.000000325. The number of amides is 1. The van der Waals surface area contributed by atoms with E-state index in [1.807, 2.05) is 0 Å². The minimum absolute atomic E-state index is 0.0961. The number of rotatable bonds is 3. The number of aliphatic hydroxyl groups is 2. The monoisotopic (exact) mass is 439 g/mol. The second-order valence-corrected chi connectivity index (χ2v) is 13.2. The average Bonchev–Trinajstić information content (AvgIpc) is 2.67. The smallest absolute Gasteiger partial charge is 0.335 e. The van der Waals surface area contributed by atoms with Crippen LogP contribution in [0.25, 0.3) is 0 Å². The molecule has 0 bridgehead atoms.